The van der Waals surface area contributed by atoms with Crippen LogP contribution in [0.25, 0.3) is 11.1 Å². The summed E-state index contributed by atoms with van der Waals surface area (Å²) in [6.45, 7) is 1.55. The SMILES string of the molecule is NC(=O)c1cncc(-c2cccc(C(=O)NCC3(O)CCCNC3)c2)c1. The molecule has 5 N–H and O–H groups in total. The fourth-order valence-corrected chi connectivity index (χ4v) is 3.02. The van der Waals surface area contributed by atoms with Crippen molar-refractivity contribution in [3.05, 3.63) is 53.9 Å². The molecule has 1 saturated heterocycles. The van der Waals surface area contributed by atoms with Crippen molar-refractivity contribution < 1.29 is 14.7 Å². The molecule has 1 fully saturated rings. The van der Waals surface area contributed by atoms with Crippen LogP contribution in [0.4, 0.5) is 0 Å². The third-order valence-electron chi connectivity index (χ3n) is 4.51. The average Bonchev–Trinajstić information content (AvgIpc) is 2.67. The van der Waals surface area contributed by atoms with Crippen molar-refractivity contribution in [1.29, 1.82) is 0 Å². The number of benzene rings is 1. The number of primary amides is 1. The van der Waals surface area contributed by atoms with Crippen molar-refractivity contribution in [3.8, 4) is 11.1 Å². The van der Waals surface area contributed by atoms with Gasteiger partial charge in [0.05, 0.1) is 11.2 Å². The van der Waals surface area contributed by atoms with Gasteiger partial charge < -0.3 is 21.5 Å². The first-order valence-electron chi connectivity index (χ1n) is 8.53. The number of aromatic nitrogens is 1. The van der Waals surface area contributed by atoms with E-state index in [4.69, 9.17) is 5.73 Å². The molecule has 0 bridgehead atoms. The number of carbonyl (C=O) groups is 2. The molecule has 0 radical (unpaired) electrons. The molecule has 1 atom stereocenters. The lowest BCUT2D eigenvalue weighted by Crippen LogP contribution is -2.52. The summed E-state index contributed by atoms with van der Waals surface area (Å²) in [4.78, 5) is 27.8. The van der Waals surface area contributed by atoms with Crippen LogP contribution in [0, 0.1) is 0 Å². The van der Waals surface area contributed by atoms with Gasteiger partial charge in [0, 0.05) is 36.6 Å². The van der Waals surface area contributed by atoms with Crippen molar-refractivity contribution in [2.45, 2.75) is 18.4 Å². The zero-order chi connectivity index (χ0) is 18.6. The number of amides is 2. The Morgan fingerprint density at radius 2 is 2.04 bits per heavy atom. The number of pyridine rings is 1. The molecule has 26 heavy (non-hydrogen) atoms. The van der Waals surface area contributed by atoms with Gasteiger partial charge in [-0.3, -0.25) is 14.6 Å². The van der Waals surface area contributed by atoms with Gasteiger partial charge in [0.25, 0.3) is 5.91 Å². The van der Waals surface area contributed by atoms with Crippen LogP contribution in [0.5, 0.6) is 0 Å². The summed E-state index contributed by atoms with van der Waals surface area (Å²) in [7, 11) is 0. The van der Waals surface area contributed by atoms with Crippen LogP contribution in [-0.2, 0) is 0 Å². The number of nitrogens with one attached hydrogen (secondary N) is 2. The van der Waals surface area contributed by atoms with Gasteiger partial charge in [-0.25, -0.2) is 0 Å². The van der Waals surface area contributed by atoms with E-state index in [0.717, 1.165) is 18.5 Å². The molecule has 2 aromatic rings. The molecule has 2 heterocycles. The normalized spacial score (nSPS) is 19.7. The molecule has 1 aliphatic heterocycles. The Bertz CT molecular complexity index is 816. The van der Waals surface area contributed by atoms with Crippen LogP contribution >= 0.6 is 0 Å². The molecule has 1 aromatic carbocycles. The van der Waals surface area contributed by atoms with Crippen LogP contribution in [0.2, 0.25) is 0 Å². The zero-order valence-corrected chi connectivity index (χ0v) is 14.4. The first-order valence-corrected chi connectivity index (χ1v) is 8.53. The summed E-state index contributed by atoms with van der Waals surface area (Å²) in [6.07, 6.45) is 4.55. The van der Waals surface area contributed by atoms with Crippen LogP contribution in [-0.4, -0.2) is 47.1 Å². The second kappa shape index (κ2) is 7.63. The number of nitrogens with zero attached hydrogens (tertiary/aromatic N) is 1. The number of aliphatic hydroxyl groups is 1. The largest absolute Gasteiger partial charge is 0.387 e. The van der Waals surface area contributed by atoms with Crippen LogP contribution < -0.4 is 16.4 Å². The van der Waals surface area contributed by atoms with Gasteiger partial charge in [-0.1, -0.05) is 12.1 Å². The van der Waals surface area contributed by atoms with Gasteiger partial charge in [0.15, 0.2) is 0 Å². The van der Waals surface area contributed by atoms with E-state index in [0.29, 0.717) is 29.7 Å². The standard InChI is InChI=1S/C19H22N4O3/c20-17(24)16-8-15(9-22-10-16)13-3-1-4-14(7-13)18(25)23-12-19(26)5-2-6-21-11-19/h1,3-4,7-10,21,26H,2,5-6,11-12H2,(H2,20,24)(H,23,25). The van der Waals surface area contributed by atoms with E-state index in [-0.39, 0.29) is 12.5 Å². The minimum Gasteiger partial charge on any atom is -0.387 e. The molecule has 7 nitrogen and oxygen atoms in total. The predicted molar refractivity (Wildman–Crippen MR) is 97.6 cm³/mol. The first-order chi connectivity index (χ1) is 12.5. The lowest BCUT2D eigenvalue weighted by atomic mass is 9.94. The van der Waals surface area contributed by atoms with Gasteiger partial charge in [0.1, 0.15) is 0 Å². The molecular weight excluding hydrogens is 332 g/mol. The van der Waals surface area contributed by atoms with Crippen LogP contribution in [0.1, 0.15) is 33.6 Å². The minimum absolute atomic E-state index is 0.196. The van der Waals surface area contributed by atoms with E-state index in [1.807, 2.05) is 6.07 Å². The Kier molecular flexibility index (Phi) is 5.29. The van der Waals surface area contributed by atoms with Gasteiger partial charge in [-0.05, 0) is 43.1 Å². The van der Waals surface area contributed by atoms with E-state index in [1.54, 1.807) is 30.5 Å². The molecule has 0 spiro atoms. The van der Waals surface area contributed by atoms with Crippen molar-refractivity contribution in [2.75, 3.05) is 19.6 Å². The minimum atomic E-state index is -0.911. The summed E-state index contributed by atoms with van der Waals surface area (Å²) in [5, 5.41) is 16.4. The number of carbonyl (C=O) groups excluding carboxylic acids is 2. The quantitative estimate of drug-likeness (QED) is 0.630. The molecule has 1 unspecified atom stereocenters. The molecule has 0 saturated carbocycles. The molecule has 1 aliphatic rings. The first kappa shape index (κ1) is 18.0. The fourth-order valence-electron chi connectivity index (χ4n) is 3.02. The fraction of sp³-hybridized carbons (Fsp3) is 0.316. The molecule has 0 aliphatic carbocycles. The van der Waals surface area contributed by atoms with Gasteiger partial charge in [0.2, 0.25) is 5.91 Å². The maximum atomic E-state index is 12.5. The van der Waals surface area contributed by atoms with E-state index in [9.17, 15) is 14.7 Å². The summed E-state index contributed by atoms with van der Waals surface area (Å²) in [5.41, 5.74) is 6.62. The molecule has 1 aromatic heterocycles. The van der Waals surface area contributed by atoms with Gasteiger partial charge in [-0.2, -0.15) is 0 Å². The second-order valence-electron chi connectivity index (χ2n) is 6.59. The predicted octanol–water partition coefficient (Wildman–Crippen LogP) is 0.692. The number of hydrogen-bond acceptors (Lipinski definition) is 5. The topological polar surface area (TPSA) is 117 Å². The van der Waals surface area contributed by atoms with Crippen molar-refractivity contribution in [1.82, 2.24) is 15.6 Å². The van der Waals surface area contributed by atoms with Crippen molar-refractivity contribution in [3.63, 3.8) is 0 Å². The van der Waals surface area contributed by atoms with Gasteiger partial charge in [-0.15, -0.1) is 0 Å². The van der Waals surface area contributed by atoms with Crippen LogP contribution in [0.15, 0.2) is 42.7 Å². The maximum absolute atomic E-state index is 12.5. The third kappa shape index (κ3) is 4.25. The number of piperidine rings is 1. The Morgan fingerprint density at radius 3 is 2.77 bits per heavy atom. The third-order valence-corrected chi connectivity index (χ3v) is 4.51. The monoisotopic (exact) mass is 354 g/mol. The lowest BCUT2D eigenvalue weighted by molar-refractivity contribution is 0.0170. The van der Waals surface area contributed by atoms with Crippen molar-refractivity contribution in [2.24, 2.45) is 5.73 Å². The maximum Gasteiger partial charge on any atom is 0.251 e. The Balaban J connectivity index is 1.73. The average molecular weight is 354 g/mol. The van der Waals surface area contributed by atoms with E-state index >= 15 is 0 Å². The van der Waals surface area contributed by atoms with Crippen LogP contribution in [0.3, 0.4) is 0 Å². The van der Waals surface area contributed by atoms with E-state index < -0.39 is 11.5 Å². The summed E-state index contributed by atoms with van der Waals surface area (Å²) >= 11 is 0. The lowest BCUT2D eigenvalue weighted by Gasteiger charge is -2.32. The number of β-amino-alcohol motifs (C(OH)–C–C–N with tert-alkyl or cyclic N) is 1. The Labute approximate surface area is 151 Å². The highest BCUT2D eigenvalue weighted by Gasteiger charge is 2.29. The smallest absolute Gasteiger partial charge is 0.251 e. The highest BCUT2D eigenvalue weighted by molar-refractivity contribution is 5.96. The highest BCUT2D eigenvalue weighted by Crippen LogP contribution is 2.21. The summed E-state index contributed by atoms with van der Waals surface area (Å²) in [5.74, 6) is -0.813. The Morgan fingerprint density at radius 1 is 1.23 bits per heavy atom. The van der Waals surface area contributed by atoms with E-state index in [2.05, 4.69) is 15.6 Å². The number of rotatable bonds is 5. The summed E-state index contributed by atoms with van der Waals surface area (Å²) in [6, 6.07) is 8.66. The number of nitrogens with two attached hydrogens (primary N) is 1. The molecule has 7 heteroatoms. The molecule has 2 amide bonds. The number of hydrogen-bond donors (Lipinski definition) is 4. The van der Waals surface area contributed by atoms with Gasteiger partial charge >= 0.3 is 0 Å². The van der Waals surface area contributed by atoms with Crippen molar-refractivity contribution >= 4 is 11.8 Å². The molecular formula is C19H22N4O3. The highest BCUT2D eigenvalue weighted by atomic mass is 16.3. The molecule has 136 valence electrons. The zero-order valence-electron chi connectivity index (χ0n) is 14.4. The van der Waals surface area contributed by atoms with E-state index in [1.165, 1.54) is 6.20 Å². The summed E-state index contributed by atoms with van der Waals surface area (Å²) < 4.78 is 0. The Hall–Kier alpha value is -2.77. The molecule has 3 rings (SSSR count). The second-order valence-corrected chi connectivity index (χ2v) is 6.59.